The molecule has 6 heteroatoms. The standard InChI is InChI=1S/C20H22N4OS/c1-13-12-14(2)23-24-18(13)17(15-8-4-3-5-9-15)22-20(24)26-16-10-6-7-11-21-19(16)25/h3-5,8-9,12,16H,6-7,10-11H2,1-2H3,(H,21,25). The lowest BCUT2D eigenvalue weighted by Gasteiger charge is -2.11. The first-order chi connectivity index (χ1) is 12.6. The van der Waals surface area contributed by atoms with Gasteiger partial charge >= 0.3 is 0 Å². The van der Waals surface area contributed by atoms with E-state index >= 15 is 0 Å². The molecule has 0 aliphatic carbocycles. The molecule has 3 heterocycles. The molecule has 1 N–H and O–H groups in total. The molecule has 0 spiro atoms. The summed E-state index contributed by atoms with van der Waals surface area (Å²) >= 11 is 1.53. The maximum atomic E-state index is 12.4. The summed E-state index contributed by atoms with van der Waals surface area (Å²) in [7, 11) is 0. The number of hydrogen-bond donors (Lipinski definition) is 1. The van der Waals surface area contributed by atoms with Crippen molar-refractivity contribution in [2.45, 2.75) is 43.5 Å². The van der Waals surface area contributed by atoms with Gasteiger partial charge in [0.15, 0.2) is 5.16 Å². The number of aryl methyl sites for hydroxylation is 2. The smallest absolute Gasteiger partial charge is 0.233 e. The van der Waals surface area contributed by atoms with Gasteiger partial charge in [-0.3, -0.25) is 4.79 Å². The van der Waals surface area contributed by atoms with Crippen molar-refractivity contribution in [1.82, 2.24) is 19.9 Å². The molecule has 5 nitrogen and oxygen atoms in total. The van der Waals surface area contributed by atoms with Gasteiger partial charge in [0.2, 0.25) is 5.91 Å². The number of carbonyl (C=O) groups excluding carboxylic acids is 1. The Bertz CT molecular complexity index is 951. The first-order valence-corrected chi connectivity index (χ1v) is 9.88. The number of nitrogens with one attached hydrogen (secondary N) is 1. The van der Waals surface area contributed by atoms with E-state index in [0.717, 1.165) is 59.0 Å². The van der Waals surface area contributed by atoms with Gasteiger partial charge < -0.3 is 5.32 Å². The first kappa shape index (κ1) is 17.1. The van der Waals surface area contributed by atoms with Gasteiger partial charge in [0.25, 0.3) is 0 Å². The van der Waals surface area contributed by atoms with Gasteiger partial charge in [0, 0.05) is 12.1 Å². The van der Waals surface area contributed by atoms with Crippen molar-refractivity contribution in [3.63, 3.8) is 0 Å². The maximum absolute atomic E-state index is 12.4. The summed E-state index contributed by atoms with van der Waals surface area (Å²) in [5.41, 5.74) is 5.08. The fourth-order valence-electron chi connectivity index (χ4n) is 3.43. The van der Waals surface area contributed by atoms with Crippen LogP contribution in [0, 0.1) is 13.8 Å². The third-order valence-electron chi connectivity index (χ3n) is 4.66. The predicted molar refractivity (Wildman–Crippen MR) is 104 cm³/mol. The quantitative estimate of drug-likeness (QED) is 0.766. The second-order valence-electron chi connectivity index (χ2n) is 6.73. The molecule has 1 saturated heterocycles. The van der Waals surface area contributed by atoms with Crippen molar-refractivity contribution in [3.05, 3.63) is 47.7 Å². The van der Waals surface area contributed by atoms with Crippen LogP contribution in [0.3, 0.4) is 0 Å². The minimum atomic E-state index is -0.116. The van der Waals surface area contributed by atoms with Crippen LogP contribution in [0.15, 0.2) is 41.6 Å². The Morgan fingerprint density at radius 2 is 2.00 bits per heavy atom. The van der Waals surface area contributed by atoms with Crippen LogP contribution < -0.4 is 5.32 Å². The largest absolute Gasteiger partial charge is 0.355 e. The fourth-order valence-corrected chi connectivity index (χ4v) is 4.54. The van der Waals surface area contributed by atoms with Gasteiger partial charge in [-0.2, -0.15) is 5.10 Å². The van der Waals surface area contributed by atoms with Crippen LogP contribution in [0.2, 0.25) is 0 Å². The molecule has 1 unspecified atom stereocenters. The lowest BCUT2D eigenvalue weighted by atomic mass is 10.1. The summed E-state index contributed by atoms with van der Waals surface area (Å²) in [5.74, 6) is 0.106. The van der Waals surface area contributed by atoms with Crippen LogP contribution in [0.4, 0.5) is 0 Å². The van der Waals surface area contributed by atoms with E-state index in [0.29, 0.717) is 0 Å². The number of fused-ring (bicyclic) bond motifs is 1. The number of nitrogens with zero attached hydrogens (tertiary/aromatic N) is 3. The zero-order valence-corrected chi connectivity index (χ0v) is 15.8. The van der Waals surface area contributed by atoms with Crippen molar-refractivity contribution in [2.24, 2.45) is 0 Å². The van der Waals surface area contributed by atoms with Crippen molar-refractivity contribution in [1.29, 1.82) is 0 Å². The summed E-state index contributed by atoms with van der Waals surface area (Å²) in [6.45, 7) is 4.84. The van der Waals surface area contributed by atoms with E-state index in [2.05, 4.69) is 30.4 Å². The van der Waals surface area contributed by atoms with Crippen LogP contribution in [0.1, 0.15) is 30.5 Å². The number of imidazole rings is 1. The summed E-state index contributed by atoms with van der Waals surface area (Å²) in [5, 5.41) is 8.37. The van der Waals surface area contributed by atoms with Crippen molar-refractivity contribution in [3.8, 4) is 11.3 Å². The van der Waals surface area contributed by atoms with E-state index in [1.54, 1.807) is 0 Å². The van der Waals surface area contributed by atoms with E-state index in [9.17, 15) is 4.79 Å². The molecule has 1 aliphatic heterocycles. The second-order valence-corrected chi connectivity index (χ2v) is 7.90. The highest BCUT2D eigenvalue weighted by Gasteiger charge is 2.25. The average Bonchev–Trinajstić information content (AvgIpc) is 2.86. The lowest BCUT2D eigenvalue weighted by molar-refractivity contribution is -0.120. The summed E-state index contributed by atoms with van der Waals surface area (Å²) in [6, 6.07) is 12.2. The van der Waals surface area contributed by atoms with E-state index in [1.165, 1.54) is 11.8 Å². The monoisotopic (exact) mass is 366 g/mol. The molecule has 0 radical (unpaired) electrons. The predicted octanol–water partition coefficient (Wildman–Crippen LogP) is 3.77. The van der Waals surface area contributed by atoms with E-state index in [1.807, 2.05) is 29.6 Å². The Kier molecular flexibility index (Phi) is 4.68. The molecule has 0 bridgehead atoms. The molecule has 1 fully saturated rings. The third kappa shape index (κ3) is 3.21. The van der Waals surface area contributed by atoms with Gasteiger partial charge in [0.05, 0.1) is 22.2 Å². The van der Waals surface area contributed by atoms with Crippen LogP contribution >= 0.6 is 11.8 Å². The van der Waals surface area contributed by atoms with Gasteiger partial charge in [0.1, 0.15) is 0 Å². The number of thioether (sulfide) groups is 1. The molecule has 1 aliphatic rings. The van der Waals surface area contributed by atoms with Crippen LogP contribution in [-0.4, -0.2) is 32.3 Å². The highest BCUT2D eigenvalue weighted by Crippen LogP contribution is 2.34. The molecule has 134 valence electrons. The average molecular weight is 366 g/mol. The Morgan fingerprint density at radius 1 is 1.19 bits per heavy atom. The molecular weight excluding hydrogens is 344 g/mol. The highest BCUT2D eigenvalue weighted by molar-refractivity contribution is 8.00. The molecule has 4 rings (SSSR count). The van der Waals surface area contributed by atoms with Crippen molar-refractivity contribution >= 4 is 23.2 Å². The number of rotatable bonds is 3. The Morgan fingerprint density at radius 3 is 2.81 bits per heavy atom. The fraction of sp³-hybridized carbons (Fsp3) is 0.350. The Hall–Kier alpha value is -2.34. The summed E-state index contributed by atoms with van der Waals surface area (Å²) in [6.07, 6.45) is 2.96. The molecule has 1 amide bonds. The first-order valence-electron chi connectivity index (χ1n) is 9.00. The van der Waals surface area contributed by atoms with Gasteiger partial charge in [-0.25, -0.2) is 9.50 Å². The molecule has 0 saturated carbocycles. The number of benzene rings is 1. The van der Waals surface area contributed by atoms with E-state index in [4.69, 9.17) is 10.1 Å². The Labute approximate surface area is 157 Å². The lowest BCUT2D eigenvalue weighted by Crippen LogP contribution is -2.30. The molecule has 26 heavy (non-hydrogen) atoms. The van der Waals surface area contributed by atoms with E-state index < -0.39 is 0 Å². The molecule has 3 aromatic rings. The number of hydrogen-bond acceptors (Lipinski definition) is 4. The highest BCUT2D eigenvalue weighted by atomic mass is 32.2. The van der Waals surface area contributed by atoms with Gasteiger partial charge in [-0.05, 0) is 38.3 Å². The third-order valence-corrected chi connectivity index (χ3v) is 5.87. The molecule has 1 atom stereocenters. The zero-order chi connectivity index (χ0) is 18.1. The van der Waals surface area contributed by atoms with Crippen molar-refractivity contribution in [2.75, 3.05) is 6.54 Å². The zero-order valence-electron chi connectivity index (χ0n) is 15.0. The number of amides is 1. The SMILES string of the molecule is Cc1cc(C)c2c(-c3ccccc3)nc(SC3CCCCNC3=O)n2n1. The van der Waals surface area contributed by atoms with Gasteiger partial charge in [-0.15, -0.1) is 0 Å². The minimum absolute atomic E-state index is 0.106. The van der Waals surface area contributed by atoms with Crippen LogP contribution in [0.25, 0.3) is 16.8 Å². The summed E-state index contributed by atoms with van der Waals surface area (Å²) in [4.78, 5) is 17.3. The maximum Gasteiger partial charge on any atom is 0.233 e. The second kappa shape index (κ2) is 7.11. The van der Waals surface area contributed by atoms with E-state index in [-0.39, 0.29) is 11.2 Å². The molecule has 2 aromatic heterocycles. The number of aromatic nitrogens is 3. The summed E-state index contributed by atoms with van der Waals surface area (Å²) < 4.78 is 1.91. The topological polar surface area (TPSA) is 59.3 Å². The minimum Gasteiger partial charge on any atom is -0.355 e. The van der Waals surface area contributed by atoms with Crippen LogP contribution in [0.5, 0.6) is 0 Å². The molecule has 1 aromatic carbocycles. The number of carbonyl (C=O) groups is 1. The van der Waals surface area contributed by atoms with Crippen LogP contribution in [-0.2, 0) is 4.79 Å². The normalized spacial score (nSPS) is 17.9. The molecular formula is C20H22N4OS. The Balaban J connectivity index is 1.83. The van der Waals surface area contributed by atoms with Gasteiger partial charge in [-0.1, -0.05) is 48.5 Å². The van der Waals surface area contributed by atoms with Crippen molar-refractivity contribution < 1.29 is 4.79 Å².